The van der Waals surface area contributed by atoms with E-state index in [0.717, 1.165) is 19.5 Å². The first-order chi connectivity index (χ1) is 7.76. The van der Waals surface area contributed by atoms with Gasteiger partial charge in [0.25, 0.3) is 0 Å². The fourth-order valence-electron chi connectivity index (χ4n) is 2.14. The molecule has 0 unspecified atom stereocenters. The Morgan fingerprint density at radius 1 is 1.47 bits per heavy atom. The number of allylic oxidation sites excluding steroid dienone is 1. The summed E-state index contributed by atoms with van der Waals surface area (Å²) >= 11 is 0. The normalized spacial score (nSPS) is 19.2. The van der Waals surface area contributed by atoms with Gasteiger partial charge in [-0.1, -0.05) is 0 Å². The lowest BCUT2D eigenvalue weighted by Crippen LogP contribution is -2.46. The molecule has 1 aliphatic rings. The molecule has 98 valence electrons. The molecule has 1 saturated heterocycles. The van der Waals surface area contributed by atoms with E-state index in [0.29, 0.717) is 12.0 Å². The number of aliphatic imine (C=N–C) groups is 1. The highest BCUT2D eigenvalue weighted by Crippen LogP contribution is 2.25. The van der Waals surface area contributed by atoms with Crippen molar-refractivity contribution in [3.05, 3.63) is 11.8 Å². The summed E-state index contributed by atoms with van der Waals surface area (Å²) in [4.78, 5) is 6.64. The monoisotopic (exact) mass is 238 g/mol. The highest BCUT2D eigenvalue weighted by atomic mass is 16.3. The lowest BCUT2D eigenvalue weighted by molar-refractivity contribution is 0.0187. The molecule has 0 aromatic carbocycles. The predicted molar refractivity (Wildman–Crippen MR) is 73.4 cm³/mol. The summed E-state index contributed by atoms with van der Waals surface area (Å²) in [5.74, 6) is 0.626. The molecular weight excluding hydrogens is 212 g/mol. The van der Waals surface area contributed by atoms with Crippen LogP contribution in [0.1, 0.15) is 41.0 Å². The fraction of sp³-hybridized carbons (Fsp3) is 0.786. The second-order valence-corrected chi connectivity index (χ2v) is 6.08. The molecule has 1 heterocycles. The van der Waals surface area contributed by atoms with Gasteiger partial charge in [-0.05, 0) is 52.5 Å². The Morgan fingerprint density at radius 2 is 2.06 bits per heavy atom. The summed E-state index contributed by atoms with van der Waals surface area (Å²) < 4.78 is 0. The van der Waals surface area contributed by atoms with Crippen LogP contribution in [0.5, 0.6) is 0 Å². The van der Waals surface area contributed by atoms with E-state index in [9.17, 15) is 5.11 Å². The molecule has 0 radical (unpaired) electrons. The van der Waals surface area contributed by atoms with Crippen molar-refractivity contribution in [1.82, 2.24) is 4.90 Å². The van der Waals surface area contributed by atoms with Crippen molar-refractivity contribution in [2.24, 2.45) is 10.9 Å². The zero-order chi connectivity index (χ0) is 13.1. The Morgan fingerprint density at radius 3 is 2.53 bits per heavy atom. The summed E-state index contributed by atoms with van der Waals surface area (Å²) in [6.07, 6.45) is 4.98. The molecule has 0 bridgehead atoms. The van der Waals surface area contributed by atoms with Gasteiger partial charge in [0.05, 0.1) is 5.60 Å². The summed E-state index contributed by atoms with van der Waals surface area (Å²) in [7, 11) is 0. The average molecular weight is 238 g/mol. The van der Waals surface area contributed by atoms with Crippen molar-refractivity contribution >= 4 is 6.21 Å². The fourth-order valence-corrected chi connectivity index (χ4v) is 2.14. The van der Waals surface area contributed by atoms with Crippen LogP contribution in [0.25, 0.3) is 0 Å². The topological polar surface area (TPSA) is 35.8 Å². The van der Waals surface area contributed by atoms with Crippen molar-refractivity contribution in [3.8, 4) is 0 Å². The number of rotatable bonds is 5. The Kier molecular flexibility index (Phi) is 4.75. The SMILES string of the molecule is C/C(C=NC(C)C)=C\N1CC(CC(C)(C)O)C1. The molecule has 17 heavy (non-hydrogen) atoms. The van der Waals surface area contributed by atoms with Crippen LogP contribution in [0.15, 0.2) is 16.8 Å². The lowest BCUT2D eigenvalue weighted by atomic mass is 9.88. The number of likely N-dealkylation sites (tertiary alicyclic amines) is 1. The highest BCUT2D eigenvalue weighted by molar-refractivity contribution is 5.77. The summed E-state index contributed by atoms with van der Waals surface area (Å²) in [6.45, 7) is 12.1. The van der Waals surface area contributed by atoms with Crippen LogP contribution in [-0.4, -0.2) is 41.0 Å². The minimum absolute atomic E-state index is 0.359. The first-order valence-electron chi connectivity index (χ1n) is 6.44. The van der Waals surface area contributed by atoms with Crippen LogP contribution in [0.2, 0.25) is 0 Å². The van der Waals surface area contributed by atoms with Crippen LogP contribution in [-0.2, 0) is 0 Å². The zero-order valence-electron chi connectivity index (χ0n) is 11.8. The average Bonchev–Trinajstić information content (AvgIpc) is 2.09. The Bertz CT molecular complexity index is 294. The van der Waals surface area contributed by atoms with Gasteiger partial charge < -0.3 is 10.0 Å². The predicted octanol–water partition coefficient (Wildman–Crippen LogP) is 2.46. The molecule has 0 aromatic rings. The van der Waals surface area contributed by atoms with Crippen molar-refractivity contribution in [2.45, 2.75) is 52.7 Å². The van der Waals surface area contributed by atoms with Crippen LogP contribution in [0.3, 0.4) is 0 Å². The molecule has 3 nitrogen and oxygen atoms in total. The third kappa shape index (κ3) is 5.87. The van der Waals surface area contributed by atoms with Gasteiger partial charge in [0.2, 0.25) is 0 Å². The molecule has 1 fully saturated rings. The molecule has 0 saturated carbocycles. The van der Waals surface area contributed by atoms with Crippen molar-refractivity contribution in [2.75, 3.05) is 13.1 Å². The van der Waals surface area contributed by atoms with E-state index in [1.165, 1.54) is 5.57 Å². The number of nitrogens with zero attached hydrogens (tertiary/aromatic N) is 2. The van der Waals surface area contributed by atoms with E-state index in [-0.39, 0.29) is 0 Å². The molecule has 3 heteroatoms. The van der Waals surface area contributed by atoms with Gasteiger partial charge in [0, 0.05) is 31.5 Å². The zero-order valence-corrected chi connectivity index (χ0v) is 11.8. The molecule has 0 spiro atoms. The van der Waals surface area contributed by atoms with Crippen LogP contribution < -0.4 is 0 Å². The van der Waals surface area contributed by atoms with Gasteiger partial charge in [-0.25, -0.2) is 0 Å². The molecule has 0 amide bonds. The molecule has 1 N–H and O–H groups in total. The van der Waals surface area contributed by atoms with Crippen LogP contribution in [0.4, 0.5) is 0 Å². The molecule has 1 aliphatic heterocycles. The van der Waals surface area contributed by atoms with Gasteiger partial charge in [-0.2, -0.15) is 0 Å². The summed E-state index contributed by atoms with van der Waals surface area (Å²) in [5.41, 5.74) is 0.662. The van der Waals surface area contributed by atoms with Gasteiger partial charge in [0.1, 0.15) is 0 Å². The van der Waals surface area contributed by atoms with Crippen molar-refractivity contribution in [1.29, 1.82) is 0 Å². The lowest BCUT2D eigenvalue weighted by Gasteiger charge is -2.41. The van der Waals surface area contributed by atoms with E-state index in [1.807, 2.05) is 20.1 Å². The van der Waals surface area contributed by atoms with E-state index >= 15 is 0 Å². The van der Waals surface area contributed by atoms with Gasteiger partial charge >= 0.3 is 0 Å². The first-order valence-corrected chi connectivity index (χ1v) is 6.44. The minimum Gasteiger partial charge on any atom is -0.390 e. The molecule has 0 aromatic heterocycles. The van der Waals surface area contributed by atoms with Gasteiger partial charge in [-0.15, -0.1) is 0 Å². The second-order valence-electron chi connectivity index (χ2n) is 6.08. The van der Waals surface area contributed by atoms with Crippen LogP contribution >= 0.6 is 0 Å². The number of hydrogen-bond acceptors (Lipinski definition) is 3. The van der Waals surface area contributed by atoms with Crippen molar-refractivity contribution in [3.63, 3.8) is 0 Å². The largest absolute Gasteiger partial charge is 0.390 e. The Hall–Kier alpha value is -0.830. The quantitative estimate of drug-likeness (QED) is 0.747. The number of hydrogen-bond donors (Lipinski definition) is 1. The molecule has 1 rings (SSSR count). The maximum Gasteiger partial charge on any atom is 0.0595 e. The van der Waals surface area contributed by atoms with Gasteiger partial charge in [0.15, 0.2) is 0 Å². The first kappa shape index (κ1) is 14.2. The third-order valence-electron chi connectivity index (χ3n) is 2.74. The molecule has 0 atom stereocenters. The summed E-state index contributed by atoms with van der Waals surface area (Å²) in [6, 6.07) is 0.359. The standard InChI is InChI=1S/C14H26N2O/c1-11(2)15-7-12(3)8-16-9-13(10-16)6-14(4,5)17/h7-8,11,13,17H,6,9-10H2,1-5H3/b12-8+,15-7?. The Balaban J connectivity index is 2.31. The van der Waals surface area contributed by atoms with E-state index in [4.69, 9.17) is 0 Å². The highest BCUT2D eigenvalue weighted by Gasteiger charge is 2.29. The maximum atomic E-state index is 9.71. The smallest absolute Gasteiger partial charge is 0.0595 e. The third-order valence-corrected chi connectivity index (χ3v) is 2.74. The minimum atomic E-state index is -0.533. The number of aliphatic hydroxyl groups is 1. The van der Waals surface area contributed by atoms with E-state index in [2.05, 4.69) is 36.9 Å². The van der Waals surface area contributed by atoms with E-state index < -0.39 is 5.60 Å². The Labute approximate surface area is 105 Å². The molecule has 0 aliphatic carbocycles. The van der Waals surface area contributed by atoms with Crippen LogP contribution in [0, 0.1) is 5.92 Å². The second kappa shape index (κ2) is 5.67. The summed E-state index contributed by atoms with van der Waals surface area (Å²) in [5, 5.41) is 9.71. The van der Waals surface area contributed by atoms with E-state index in [1.54, 1.807) is 0 Å². The molecular formula is C14H26N2O. The maximum absolute atomic E-state index is 9.71. The van der Waals surface area contributed by atoms with Crippen molar-refractivity contribution < 1.29 is 5.11 Å². The van der Waals surface area contributed by atoms with Gasteiger partial charge in [-0.3, -0.25) is 4.99 Å².